The quantitative estimate of drug-likeness (QED) is 0.222. The van der Waals surface area contributed by atoms with Crippen LogP contribution < -0.4 is 11.2 Å². The molecule has 5 heterocycles. The Morgan fingerprint density at radius 2 is 1.80 bits per heavy atom. The minimum absolute atomic E-state index is 0.0820. The SMILES string of the molecule is O=c1c2cc(F)cnc2n(-c2cccc(-c3ccc(O)cc3CN3CCOCC3)c2)c(=O)n1C1CCC(CCc2cn3c(n2)CCCC3)CC1. The van der Waals surface area contributed by atoms with Crippen LogP contribution >= 0.6 is 0 Å². The molecule has 260 valence electrons. The van der Waals surface area contributed by atoms with Crippen LogP contribution in [0.2, 0.25) is 0 Å². The molecule has 3 aliphatic rings. The molecule has 1 N–H and O–H groups in total. The van der Waals surface area contributed by atoms with Gasteiger partial charge in [-0.2, -0.15) is 0 Å². The summed E-state index contributed by atoms with van der Waals surface area (Å²) in [6.07, 6.45) is 11.9. The molecule has 0 bridgehead atoms. The van der Waals surface area contributed by atoms with E-state index in [0.717, 1.165) is 80.3 Å². The number of hydrogen-bond acceptors (Lipinski definition) is 7. The van der Waals surface area contributed by atoms with Gasteiger partial charge in [-0.15, -0.1) is 0 Å². The summed E-state index contributed by atoms with van der Waals surface area (Å²) in [4.78, 5) is 39.8. The lowest BCUT2D eigenvalue weighted by molar-refractivity contribution is 0.0342. The van der Waals surface area contributed by atoms with E-state index in [2.05, 4.69) is 20.6 Å². The summed E-state index contributed by atoms with van der Waals surface area (Å²) in [6, 6.07) is 13.8. The summed E-state index contributed by atoms with van der Waals surface area (Å²) in [5.41, 5.74) is 3.59. The lowest BCUT2D eigenvalue weighted by Crippen LogP contribution is -2.43. The number of aryl methyl sites for hydroxylation is 3. The first-order chi connectivity index (χ1) is 24.4. The van der Waals surface area contributed by atoms with E-state index in [1.165, 1.54) is 33.9 Å². The second-order valence-electron chi connectivity index (χ2n) is 14.1. The van der Waals surface area contributed by atoms with Gasteiger partial charge in [-0.3, -0.25) is 14.3 Å². The number of halogens is 1. The maximum absolute atomic E-state index is 14.6. The zero-order chi connectivity index (χ0) is 34.2. The second-order valence-corrected chi connectivity index (χ2v) is 14.1. The minimum Gasteiger partial charge on any atom is -0.508 e. The van der Waals surface area contributed by atoms with Crippen molar-refractivity contribution in [2.45, 2.75) is 76.9 Å². The largest absolute Gasteiger partial charge is 0.508 e. The fraction of sp³-hybridized carbons (Fsp3) is 0.436. The third-order valence-corrected chi connectivity index (χ3v) is 10.8. The molecule has 2 aliphatic heterocycles. The third kappa shape index (κ3) is 6.52. The fourth-order valence-electron chi connectivity index (χ4n) is 8.18. The Hall–Kier alpha value is -4.61. The molecule has 5 aromatic rings. The monoisotopic (exact) mass is 678 g/mol. The molecular formula is C39H43FN6O4. The molecule has 0 radical (unpaired) electrons. The number of imidazole rings is 1. The van der Waals surface area contributed by atoms with Crippen LogP contribution in [0, 0.1) is 11.7 Å². The molecular weight excluding hydrogens is 635 g/mol. The van der Waals surface area contributed by atoms with Gasteiger partial charge in [0.05, 0.1) is 36.2 Å². The van der Waals surface area contributed by atoms with Crippen molar-refractivity contribution < 1.29 is 14.2 Å². The van der Waals surface area contributed by atoms with Gasteiger partial charge in [-0.25, -0.2) is 23.7 Å². The number of rotatable bonds is 8. The summed E-state index contributed by atoms with van der Waals surface area (Å²) in [6.45, 7) is 4.62. The highest BCUT2D eigenvalue weighted by Crippen LogP contribution is 2.34. The lowest BCUT2D eigenvalue weighted by Gasteiger charge is -2.30. The van der Waals surface area contributed by atoms with E-state index < -0.39 is 17.1 Å². The van der Waals surface area contributed by atoms with Crippen molar-refractivity contribution in [3.05, 3.63) is 105 Å². The van der Waals surface area contributed by atoms with Crippen molar-refractivity contribution >= 4 is 11.0 Å². The predicted octanol–water partition coefficient (Wildman–Crippen LogP) is 5.79. The molecule has 2 fully saturated rings. The van der Waals surface area contributed by atoms with Gasteiger partial charge >= 0.3 is 5.69 Å². The maximum atomic E-state index is 14.6. The molecule has 50 heavy (non-hydrogen) atoms. The van der Waals surface area contributed by atoms with E-state index in [9.17, 15) is 19.1 Å². The van der Waals surface area contributed by atoms with E-state index in [4.69, 9.17) is 9.72 Å². The molecule has 0 atom stereocenters. The molecule has 3 aromatic heterocycles. The van der Waals surface area contributed by atoms with Crippen LogP contribution in [0.3, 0.4) is 0 Å². The third-order valence-electron chi connectivity index (χ3n) is 10.8. The van der Waals surface area contributed by atoms with Crippen molar-refractivity contribution in [1.82, 2.24) is 28.6 Å². The molecule has 11 heteroatoms. The fourth-order valence-corrected chi connectivity index (χ4v) is 8.18. The predicted molar refractivity (Wildman–Crippen MR) is 189 cm³/mol. The van der Waals surface area contributed by atoms with E-state index in [1.807, 2.05) is 30.3 Å². The minimum atomic E-state index is -0.623. The summed E-state index contributed by atoms with van der Waals surface area (Å²) in [5, 5.41) is 10.5. The normalized spacial score (nSPS) is 19.9. The Labute approximate surface area is 289 Å². The van der Waals surface area contributed by atoms with Gasteiger partial charge in [-0.05, 0) is 104 Å². The first kappa shape index (κ1) is 32.6. The van der Waals surface area contributed by atoms with Crippen molar-refractivity contribution in [2.24, 2.45) is 5.92 Å². The number of nitrogens with zero attached hydrogens (tertiary/aromatic N) is 6. The van der Waals surface area contributed by atoms with E-state index in [1.54, 1.807) is 12.1 Å². The van der Waals surface area contributed by atoms with Crippen LogP contribution in [0.15, 0.2) is 70.5 Å². The number of aromatic nitrogens is 5. The molecule has 0 unspecified atom stereocenters. The number of phenolic OH excluding ortho intramolecular Hbond substituents is 1. The Morgan fingerprint density at radius 1 is 0.960 bits per heavy atom. The van der Waals surface area contributed by atoms with Crippen LogP contribution in [0.5, 0.6) is 5.75 Å². The number of benzene rings is 2. The molecule has 1 saturated heterocycles. The highest BCUT2D eigenvalue weighted by molar-refractivity contribution is 5.77. The van der Waals surface area contributed by atoms with Gasteiger partial charge in [-0.1, -0.05) is 18.2 Å². The van der Waals surface area contributed by atoms with Crippen LogP contribution in [0.25, 0.3) is 27.8 Å². The Morgan fingerprint density at radius 3 is 2.62 bits per heavy atom. The van der Waals surface area contributed by atoms with E-state index in [-0.39, 0.29) is 22.8 Å². The van der Waals surface area contributed by atoms with Gasteiger partial charge in [0.15, 0.2) is 5.65 Å². The Kier molecular flexibility index (Phi) is 9.09. The zero-order valence-corrected chi connectivity index (χ0v) is 28.3. The van der Waals surface area contributed by atoms with Crippen LogP contribution in [-0.4, -0.2) is 60.0 Å². The Balaban J connectivity index is 1.09. The van der Waals surface area contributed by atoms with Gasteiger partial charge in [0.25, 0.3) is 5.56 Å². The summed E-state index contributed by atoms with van der Waals surface area (Å²) in [5.74, 6) is 1.26. The number of pyridine rings is 1. The highest BCUT2D eigenvalue weighted by atomic mass is 19.1. The molecule has 1 aliphatic carbocycles. The van der Waals surface area contributed by atoms with Gasteiger partial charge in [0, 0.05) is 44.8 Å². The average molecular weight is 679 g/mol. The van der Waals surface area contributed by atoms with Crippen LogP contribution in [0.4, 0.5) is 4.39 Å². The highest BCUT2D eigenvalue weighted by Gasteiger charge is 2.28. The topological polar surface area (TPSA) is 107 Å². The molecule has 1 saturated carbocycles. The number of morpholine rings is 1. The van der Waals surface area contributed by atoms with Crippen LogP contribution in [-0.2, 0) is 30.7 Å². The average Bonchev–Trinajstić information content (AvgIpc) is 3.56. The summed E-state index contributed by atoms with van der Waals surface area (Å²) in [7, 11) is 0. The first-order valence-corrected chi connectivity index (χ1v) is 18.0. The van der Waals surface area contributed by atoms with Gasteiger partial charge < -0.3 is 14.4 Å². The second kappa shape index (κ2) is 14.0. The number of phenols is 1. The van der Waals surface area contributed by atoms with Crippen molar-refractivity contribution in [2.75, 3.05) is 26.3 Å². The van der Waals surface area contributed by atoms with Crippen molar-refractivity contribution in [3.8, 4) is 22.6 Å². The van der Waals surface area contributed by atoms with Crippen LogP contribution in [0.1, 0.15) is 68.1 Å². The molecule has 0 spiro atoms. The standard InChI is InChI=1S/C39H43FN6O4/c40-29-22-35-37(41-23-29)45(32-5-3-4-27(20-32)34-14-13-33(47)21-28(34)24-43-16-18-50-19-17-43)39(49)46(38(35)48)31-11-8-26(9-12-31)7-10-30-25-44-15-2-1-6-36(44)42-30/h3-5,13-14,20-23,25-26,31,47H,1-2,6-12,15-19,24H2. The number of aromatic hydroxyl groups is 1. The summed E-state index contributed by atoms with van der Waals surface area (Å²) >= 11 is 0. The van der Waals surface area contributed by atoms with Gasteiger partial charge in [0.2, 0.25) is 0 Å². The van der Waals surface area contributed by atoms with E-state index in [0.29, 0.717) is 44.2 Å². The van der Waals surface area contributed by atoms with E-state index >= 15 is 0 Å². The number of hydrogen-bond donors (Lipinski definition) is 1. The number of fused-ring (bicyclic) bond motifs is 2. The maximum Gasteiger partial charge on any atom is 0.337 e. The zero-order valence-electron chi connectivity index (χ0n) is 28.3. The van der Waals surface area contributed by atoms with Gasteiger partial charge in [0.1, 0.15) is 17.4 Å². The molecule has 2 aromatic carbocycles. The Bertz CT molecular complexity index is 2120. The lowest BCUT2D eigenvalue weighted by atomic mass is 9.83. The van der Waals surface area contributed by atoms with Crippen molar-refractivity contribution in [3.63, 3.8) is 0 Å². The molecule has 8 rings (SSSR count). The smallest absolute Gasteiger partial charge is 0.337 e. The molecule has 10 nitrogen and oxygen atoms in total. The van der Waals surface area contributed by atoms with Crippen molar-refractivity contribution in [1.29, 1.82) is 0 Å². The first-order valence-electron chi connectivity index (χ1n) is 18.0. The molecule has 0 amide bonds. The number of ether oxygens (including phenoxy) is 1. The summed E-state index contributed by atoms with van der Waals surface area (Å²) < 4.78 is 25.2.